The number of hydrogen-bond donors (Lipinski definition) is 2. The summed E-state index contributed by atoms with van der Waals surface area (Å²) in [6.45, 7) is 8.56. The molecule has 0 aromatic heterocycles. The van der Waals surface area contributed by atoms with Gasteiger partial charge >= 0.3 is 0 Å². The maximum absolute atomic E-state index is 13.6. The Hall–Kier alpha value is -0.930. The van der Waals surface area contributed by atoms with Crippen molar-refractivity contribution in [3.05, 3.63) is 33.8 Å². The van der Waals surface area contributed by atoms with Gasteiger partial charge in [-0.15, -0.1) is 0 Å². The minimum absolute atomic E-state index is 0.0676. The van der Waals surface area contributed by atoms with E-state index in [0.29, 0.717) is 43.0 Å². The van der Waals surface area contributed by atoms with Gasteiger partial charge in [0.25, 0.3) is 0 Å². The Balaban J connectivity index is 1.61. The lowest BCUT2D eigenvalue weighted by Gasteiger charge is -2.51. The largest absolute Gasteiger partial charge is 0.389 e. The standard InChI is InChI=1S/C23H34Cl2N4O3/c1-23(2,31)14-28-9-10-29(20(30)12-16-5-6-17(24)18(25)11-16)21-19(27-7-3-4-8-27)13-32-15-26-22(21)28/h5-6,11,19,21-22,26,31H,3-4,7-10,12-15H2,1-2H3/t19?,21-,22?/m1/s1. The molecule has 4 rings (SSSR count). The summed E-state index contributed by atoms with van der Waals surface area (Å²) < 4.78 is 5.95. The molecule has 2 N–H and O–H groups in total. The SMILES string of the molecule is CC(C)(O)CN1CCN(C(=O)Cc2ccc(Cl)c(Cl)c2)[C@@H]2C(N3CCCC3)COCNC21. The number of halogens is 2. The molecular formula is C23H34Cl2N4O3. The quantitative estimate of drug-likeness (QED) is 0.667. The summed E-state index contributed by atoms with van der Waals surface area (Å²) in [5.74, 6) is 0.0780. The fourth-order valence-corrected chi connectivity index (χ4v) is 5.61. The Morgan fingerprint density at radius 1 is 1.19 bits per heavy atom. The number of carbonyl (C=O) groups excluding carboxylic acids is 1. The van der Waals surface area contributed by atoms with Crippen molar-refractivity contribution in [2.45, 2.75) is 57.0 Å². The number of rotatable bonds is 5. The highest BCUT2D eigenvalue weighted by Gasteiger charge is 2.47. The van der Waals surface area contributed by atoms with Gasteiger partial charge in [-0.3, -0.25) is 19.9 Å². The second-order valence-corrected chi connectivity index (χ2v) is 10.6. The first-order chi connectivity index (χ1) is 15.2. The van der Waals surface area contributed by atoms with E-state index in [9.17, 15) is 9.90 Å². The van der Waals surface area contributed by atoms with Gasteiger partial charge in [0.2, 0.25) is 5.91 Å². The van der Waals surface area contributed by atoms with Gasteiger partial charge in [-0.2, -0.15) is 0 Å². The average Bonchev–Trinajstić information content (AvgIpc) is 3.16. The number of β-amino-alcohol motifs (C(OH)–C–C–N with tert-alkyl or cyclic N) is 1. The van der Waals surface area contributed by atoms with Crippen LogP contribution in [-0.2, 0) is 16.0 Å². The van der Waals surface area contributed by atoms with Crippen LogP contribution in [0.1, 0.15) is 32.3 Å². The molecule has 3 fully saturated rings. The van der Waals surface area contributed by atoms with Crippen molar-refractivity contribution in [1.29, 1.82) is 0 Å². The highest BCUT2D eigenvalue weighted by molar-refractivity contribution is 6.42. The van der Waals surface area contributed by atoms with Crippen molar-refractivity contribution >= 4 is 29.1 Å². The molecule has 3 aliphatic heterocycles. The second kappa shape index (κ2) is 10.1. The van der Waals surface area contributed by atoms with Crippen molar-refractivity contribution in [1.82, 2.24) is 20.0 Å². The fourth-order valence-electron chi connectivity index (χ4n) is 5.29. The number of hydrogen-bond acceptors (Lipinski definition) is 6. The van der Waals surface area contributed by atoms with Gasteiger partial charge in [-0.25, -0.2) is 0 Å². The highest BCUT2D eigenvalue weighted by Crippen LogP contribution is 2.29. The van der Waals surface area contributed by atoms with Crippen LogP contribution < -0.4 is 5.32 Å². The molecule has 3 saturated heterocycles. The summed E-state index contributed by atoms with van der Waals surface area (Å²) in [6, 6.07) is 5.42. The molecule has 0 bridgehead atoms. The number of benzene rings is 1. The molecule has 178 valence electrons. The summed E-state index contributed by atoms with van der Waals surface area (Å²) in [5.41, 5.74) is 0.0322. The van der Waals surface area contributed by atoms with Crippen LogP contribution in [0.4, 0.5) is 0 Å². The van der Waals surface area contributed by atoms with E-state index in [2.05, 4.69) is 15.1 Å². The van der Waals surface area contributed by atoms with Crippen LogP contribution in [-0.4, -0.2) is 95.6 Å². The zero-order valence-electron chi connectivity index (χ0n) is 18.9. The number of fused-ring (bicyclic) bond motifs is 1. The molecule has 0 radical (unpaired) electrons. The minimum Gasteiger partial charge on any atom is -0.389 e. The van der Waals surface area contributed by atoms with E-state index in [0.717, 1.165) is 18.7 Å². The Morgan fingerprint density at radius 3 is 2.62 bits per heavy atom. The third kappa shape index (κ3) is 5.58. The van der Waals surface area contributed by atoms with Gasteiger partial charge in [0.1, 0.15) is 0 Å². The first kappa shape index (κ1) is 24.2. The smallest absolute Gasteiger partial charge is 0.227 e. The van der Waals surface area contributed by atoms with Crippen LogP contribution >= 0.6 is 23.2 Å². The zero-order chi connectivity index (χ0) is 22.9. The molecule has 1 amide bonds. The van der Waals surface area contributed by atoms with Crippen LogP contribution in [0.15, 0.2) is 18.2 Å². The minimum atomic E-state index is -0.825. The van der Waals surface area contributed by atoms with E-state index in [1.807, 2.05) is 24.8 Å². The van der Waals surface area contributed by atoms with Gasteiger partial charge in [-0.1, -0.05) is 29.3 Å². The van der Waals surface area contributed by atoms with Crippen molar-refractivity contribution in [3.63, 3.8) is 0 Å². The van der Waals surface area contributed by atoms with E-state index in [-0.39, 0.29) is 30.6 Å². The number of nitrogens with one attached hydrogen (secondary N) is 1. The molecule has 1 aromatic rings. The second-order valence-electron chi connectivity index (χ2n) is 9.76. The van der Waals surface area contributed by atoms with E-state index < -0.39 is 5.60 Å². The fraction of sp³-hybridized carbons (Fsp3) is 0.696. The normalized spacial score (nSPS) is 27.9. The van der Waals surface area contributed by atoms with Crippen LogP contribution in [0.25, 0.3) is 0 Å². The third-order valence-electron chi connectivity index (χ3n) is 6.64. The molecule has 0 aliphatic carbocycles. The number of aliphatic hydroxyl groups is 1. The molecule has 2 unspecified atom stereocenters. The van der Waals surface area contributed by atoms with Crippen LogP contribution in [0.5, 0.6) is 0 Å². The Labute approximate surface area is 200 Å². The molecule has 32 heavy (non-hydrogen) atoms. The van der Waals surface area contributed by atoms with Crippen LogP contribution in [0.2, 0.25) is 10.0 Å². The predicted octanol–water partition coefficient (Wildman–Crippen LogP) is 2.19. The summed E-state index contributed by atoms with van der Waals surface area (Å²) in [4.78, 5) is 20.3. The number of nitrogens with zero attached hydrogens (tertiary/aromatic N) is 3. The monoisotopic (exact) mass is 484 g/mol. The highest BCUT2D eigenvalue weighted by atomic mass is 35.5. The molecule has 0 spiro atoms. The number of carbonyl (C=O) groups is 1. The molecule has 3 aliphatic rings. The van der Waals surface area contributed by atoms with Crippen molar-refractivity contribution in [2.75, 3.05) is 46.1 Å². The van der Waals surface area contributed by atoms with Gasteiger partial charge < -0.3 is 14.7 Å². The summed E-state index contributed by atoms with van der Waals surface area (Å²) in [7, 11) is 0. The third-order valence-corrected chi connectivity index (χ3v) is 7.38. The lowest BCUT2D eigenvalue weighted by atomic mass is 9.96. The van der Waals surface area contributed by atoms with Gasteiger partial charge in [-0.05, 0) is 57.5 Å². The number of likely N-dealkylation sites (tertiary alicyclic amines) is 1. The summed E-state index contributed by atoms with van der Waals surface area (Å²) >= 11 is 12.2. The first-order valence-corrected chi connectivity index (χ1v) is 12.2. The van der Waals surface area contributed by atoms with E-state index in [1.54, 1.807) is 12.1 Å². The Bertz CT molecular complexity index is 813. The van der Waals surface area contributed by atoms with E-state index in [4.69, 9.17) is 27.9 Å². The van der Waals surface area contributed by atoms with Crippen molar-refractivity contribution in [2.24, 2.45) is 0 Å². The average molecular weight is 485 g/mol. The number of ether oxygens (including phenoxy) is 1. The maximum atomic E-state index is 13.6. The van der Waals surface area contributed by atoms with Crippen molar-refractivity contribution in [3.8, 4) is 0 Å². The zero-order valence-corrected chi connectivity index (χ0v) is 20.4. The molecule has 9 heteroatoms. The molecule has 1 aromatic carbocycles. The van der Waals surface area contributed by atoms with Crippen LogP contribution in [0, 0.1) is 0 Å². The number of amides is 1. The van der Waals surface area contributed by atoms with Crippen LogP contribution in [0.3, 0.4) is 0 Å². The van der Waals surface area contributed by atoms with Gasteiger partial charge in [0, 0.05) is 19.6 Å². The van der Waals surface area contributed by atoms with E-state index >= 15 is 0 Å². The van der Waals surface area contributed by atoms with Gasteiger partial charge in [0.15, 0.2) is 0 Å². The lowest BCUT2D eigenvalue weighted by molar-refractivity contribution is -0.142. The molecular weight excluding hydrogens is 451 g/mol. The lowest BCUT2D eigenvalue weighted by Crippen LogP contribution is -2.71. The molecule has 3 atom stereocenters. The molecule has 7 nitrogen and oxygen atoms in total. The predicted molar refractivity (Wildman–Crippen MR) is 126 cm³/mol. The first-order valence-electron chi connectivity index (χ1n) is 11.5. The number of piperazine rings is 1. The summed E-state index contributed by atoms with van der Waals surface area (Å²) in [5, 5.41) is 15.0. The Morgan fingerprint density at radius 2 is 1.94 bits per heavy atom. The topological polar surface area (TPSA) is 68.3 Å². The van der Waals surface area contributed by atoms with E-state index in [1.165, 1.54) is 12.8 Å². The molecule has 0 saturated carbocycles. The van der Waals surface area contributed by atoms with Gasteiger partial charge in [0.05, 0.1) is 53.7 Å². The van der Waals surface area contributed by atoms with Crippen molar-refractivity contribution < 1.29 is 14.6 Å². The maximum Gasteiger partial charge on any atom is 0.227 e. The summed E-state index contributed by atoms with van der Waals surface area (Å²) in [6.07, 6.45) is 2.54. The molecule has 3 heterocycles. The Kier molecular flexibility index (Phi) is 7.67.